The van der Waals surface area contributed by atoms with Crippen LogP contribution in [-0.2, 0) is 17.4 Å². The molecule has 3 atom stereocenters. The number of amides is 2. The van der Waals surface area contributed by atoms with Gasteiger partial charge in [0.15, 0.2) is 8.32 Å². The van der Waals surface area contributed by atoms with Gasteiger partial charge in [-0.25, -0.2) is 9.78 Å². The van der Waals surface area contributed by atoms with Crippen LogP contribution in [0.5, 0.6) is 0 Å². The number of carboxylic acid groups (broad SMARTS) is 1. The van der Waals surface area contributed by atoms with E-state index in [1.807, 2.05) is 66.7 Å². The quantitative estimate of drug-likeness (QED) is 0.268. The fourth-order valence-electron chi connectivity index (χ4n) is 5.39. The number of pyridine rings is 1. The average molecular weight is 589 g/mol. The van der Waals surface area contributed by atoms with Crippen molar-refractivity contribution in [2.75, 3.05) is 12.8 Å². The van der Waals surface area contributed by atoms with Gasteiger partial charge in [-0.3, -0.25) is 9.69 Å². The van der Waals surface area contributed by atoms with Gasteiger partial charge in [0.25, 0.3) is 5.91 Å². The van der Waals surface area contributed by atoms with Crippen LogP contribution in [0, 0.1) is 0 Å². The van der Waals surface area contributed by atoms with E-state index >= 15 is 0 Å². The molecule has 0 bridgehead atoms. The normalized spacial score (nSPS) is 18.1. The Labute approximate surface area is 250 Å². The van der Waals surface area contributed by atoms with E-state index in [0.717, 1.165) is 29.7 Å². The smallest absolute Gasteiger partial charge is 0.407 e. The van der Waals surface area contributed by atoms with Crippen molar-refractivity contribution in [3.05, 3.63) is 95.2 Å². The highest BCUT2D eigenvalue weighted by Gasteiger charge is 2.46. The number of hydrogen-bond acceptors (Lipinski definition) is 5. The number of likely N-dealkylation sites (tertiary alicyclic amines) is 1. The van der Waals surface area contributed by atoms with Crippen molar-refractivity contribution in [1.82, 2.24) is 14.8 Å². The van der Waals surface area contributed by atoms with Crippen molar-refractivity contribution in [3.8, 4) is 0 Å². The minimum absolute atomic E-state index is 0.00962. The Balaban J connectivity index is 1.50. The molecule has 1 aromatic heterocycles. The van der Waals surface area contributed by atoms with Crippen LogP contribution < -0.4 is 5.73 Å². The number of nitrogen functional groups attached to an aromatic ring is 1. The van der Waals surface area contributed by atoms with Gasteiger partial charge in [0.1, 0.15) is 5.82 Å². The fraction of sp³-hybridized carbons (Fsp3) is 0.424. The Morgan fingerprint density at radius 1 is 1.05 bits per heavy atom. The summed E-state index contributed by atoms with van der Waals surface area (Å²) in [5.74, 6) is 0.302. The van der Waals surface area contributed by atoms with Crippen molar-refractivity contribution >= 4 is 26.1 Å². The van der Waals surface area contributed by atoms with Crippen LogP contribution in [0.4, 0.5) is 10.6 Å². The Bertz CT molecular complexity index is 1370. The summed E-state index contributed by atoms with van der Waals surface area (Å²) in [6.45, 7) is 11.4. The first kappa shape index (κ1) is 31.2. The van der Waals surface area contributed by atoms with Crippen LogP contribution in [0.25, 0.3) is 0 Å². The van der Waals surface area contributed by atoms with Crippen LogP contribution >= 0.6 is 0 Å². The van der Waals surface area contributed by atoms with Gasteiger partial charge < -0.3 is 20.2 Å². The molecular formula is C33H44N4O4Si. The maximum atomic E-state index is 13.0. The summed E-state index contributed by atoms with van der Waals surface area (Å²) in [6, 6.07) is 22.4. The SMILES string of the molecule is CN(Cc1cccc(N)n1)C(=O)c1ccc(C[C@H]2CC[C@@H]([C@H](O[Si](C)(C)C(C)(C)C)c3ccccc3)N2C(=O)O)cc1. The third-order valence-corrected chi connectivity index (χ3v) is 13.2. The molecule has 0 spiro atoms. The van der Waals surface area contributed by atoms with Crippen molar-refractivity contribution in [2.24, 2.45) is 0 Å². The molecule has 0 saturated carbocycles. The molecule has 42 heavy (non-hydrogen) atoms. The van der Waals surface area contributed by atoms with Gasteiger partial charge in [0.2, 0.25) is 0 Å². The molecular weight excluding hydrogens is 544 g/mol. The van der Waals surface area contributed by atoms with Crippen molar-refractivity contribution in [3.63, 3.8) is 0 Å². The van der Waals surface area contributed by atoms with E-state index in [2.05, 4.69) is 38.8 Å². The third kappa shape index (κ3) is 7.20. The molecule has 1 aliphatic heterocycles. The molecule has 3 N–H and O–H groups in total. The minimum atomic E-state index is -2.20. The van der Waals surface area contributed by atoms with E-state index in [-0.39, 0.29) is 29.1 Å². The van der Waals surface area contributed by atoms with E-state index in [9.17, 15) is 14.7 Å². The summed E-state index contributed by atoms with van der Waals surface area (Å²) in [6.07, 6.45) is 0.786. The highest BCUT2D eigenvalue weighted by molar-refractivity contribution is 6.74. The van der Waals surface area contributed by atoms with E-state index < -0.39 is 14.4 Å². The standard InChI is InChI=1S/C33H44N4O4Si/c1-33(2,3)42(5,6)41-30(24-11-8-7-9-12-24)28-20-19-27(37(28)32(39)40)21-23-15-17-25(18-16-23)31(38)36(4)22-26-13-10-14-29(34)35-26/h7-18,27-28,30H,19-22H2,1-6H3,(H2,34,35)(H,39,40)/t27-,28+,30-/m1/s1. The number of nitrogens with two attached hydrogens (primary N) is 1. The number of aromatic nitrogens is 1. The van der Waals surface area contributed by atoms with Gasteiger partial charge in [-0.1, -0.05) is 69.3 Å². The Hall–Kier alpha value is -3.69. The Kier molecular flexibility index (Phi) is 9.42. The van der Waals surface area contributed by atoms with Crippen LogP contribution in [0.2, 0.25) is 18.1 Å². The maximum absolute atomic E-state index is 13.0. The molecule has 0 unspecified atom stereocenters. The van der Waals surface area contributed by atoms with Crippen LogP contribution in [0.3, 0.4) is 0 Å². The van der Waals surface area contributed by atoms with Crippen LogP contribution in [0.1, 0.15) is 66.9 Å². The summed E-state index contributed by atoms with van der Waals surface area (Å²) in [5.41, 5.74) is 9.06. The molecule has 2 amide bonds. The first-order chi connectivity index (χ1) is 19.8. The first-order valence-electron chi connectivity index (χ1n) is 14.6. The summed E-state index contributed by atoms with van der Waals surface area (Å²) >= 11 is 0. The molecule has 0 radical (unpaired) electrons. The summed E-state index contributed by atoms with van der Waals surface area (Å²) < 4.78 is 6.95. The molecule has 224 valence electrons. The monoisotopic (exact) mass is 588 g/mol. The van der Waals surface area contributed by atoms with Gasteiger partial charge >= 0.3 is 6.09 Å². The predicted octanol–water partition coefficient (Wildman–Crippen LogP) is 6.75. The minimum Gasteiger partial charge on any atom is -0.465 e. The zero-order valence-corrected chi connectivity index (χ0v) is 26.6. The maximum Gasteiger partial charge on any atom is 0.407 e. The number of anilines is 1. The van der Waals surface area contributed by atoms with E-state index in [4.69, 9.17) is 10.2 Å². The molecule has 2 aromatic carbocycles. The van der Waals surface area contributed by atoms with Crippen LogP contribution in [0.15, 0.2) is 72.8 Å². The van der Waals surface area contributed by atoms with Gasteiger partial charge in [-0.05, 0) is 72.8 Å². The molecule has 4 rings (SSSR count). The highest BCUT2D eigenvalue weighted by Crippen LogP contribution is 2.44. The lowest BCUT2D eigenvalue weighted by atomic mass is 10.0. The van der Waals surface area contributed by atoms with Crippen molar-refractivity contribution in [1.29, 1.82) is 0 Å². The average Bonchev–Trinajstić information content (AvgIpc) is 3.35. The molecule has 3 aromatic rings. The van der Waals surface area contributed by atoms with Gasteiger partial charge in [-0.2, -0.15) is 0 Å². The molecule has 1 saturated heterocycles. The molecule has 9 heteroatoms. The predicted molar refractivity (Wildman–Crippen MR) is 169 cm³/mol. The lowest BCUT2D eigenvalue weighted by Gasteiger charge is -2.42. The first-order valence-corrected chi connectivity index (χ1v) is 17.5. The number of hydrogen-bond donors (Lipinski definition) is 2. The van der Waals surface area contributed by atoms with Gasteiger partial charge in [-0.15, -0.1) is 0 Å². The lowest BCUT2D eigenvalue weighted by molar-refractivity contribution is 0.0598. The summed E-state index contributed by atoms with van der Waals surface area (Å²) in [4.78, 5) is 33.3. The molecule has 0 aliphatic carbocycles. The number of carbonyl (C=O) groups is 2. The van der Waals surface area contributed by atoms with Crippen LogP contribution in [-0.4, -0.2) is 59.3 Å². The fourth-order valence-corrected chi connectivity index (χ4v) is 6.67. The third-order valence-electron chi connectivity index (χ3n) is 8.72. The summed E-state index contributed by atoms with van der Waals surface area (Å²) in [5, 5.41) is 10.4. The Morgan fingerprint density at radius 2 is 1.71 bits per heavy atom. The largest absolute Gasteiger partial charge is 0.465 e. The number of nitrogens with zero attached hydrogens (tertiary/aromatic N) is 3. The molecule has 1 fully saturated rings. The van der Waals surface area contributed by atoms with E-state index in [1.54, 1.807) is 22.9 Å². The topological polar surface area (TPSA) is 109 Å². The number of benzene rings is 2. The van der Waals surface area contributed by atoms with Crippen molar-refractivity contribution in [2.45, 2.75) is 82.9 Å². The Morgan fingerprint density at radius 3 is 2.31 bits per heavy atom. The van der Waals surface area contributed by atoms with Crippen molar-refractivity contribution < 1.29 is 19.1 Å². The van der Waals surface area contributed by atoms with Gasteiger partial charge in [0.05, 0.1) is 24.4 Å². The lowest BCUT2D eigenvalue weighted by Crippen LogP contribution is -2.49. The van der Waals surface area contributed by atoms with E-state index in [1.165, 1.54) is 0 Å². The molecule has 1 aliphatic rings. The zero-order valence-electron chi connectivity index (χ0n) is 25.6. The number of rotatable bonds is 9. The highest BCUT2D eigenvalue weighted by atomic mass is 28.4. The second-order valence-electron chi connectivity index (χ2n) is 12.8. The second-order valence-corrected chi connectivity index (χ2v) is 17.6. The summed E-state index contributed by atoms with van der Waals surface area (Å²) in [7, 11) is -0.463. The zero-order chi connectivity index (χ0) is 30.7. The molecule has 2 heterocycles. The van der Waals surface area contributed by atoms with Gasteiger partial charge in [0, 0.05) is 18.7 Å². The second kappa shape index (κ2) is 12.7. The molecule has 8 nitrogen and oxygen atoms in total. The number of carbonyl (C=O) groups excluding carboxylic acids is 1. The van der Waals surface area contributed by atoms with E-state index in [0.29, 0.717) is 24.3 Å².